The number of fused-ring (bicyclic) bond motifs is 1. The van der Waals surface area contributed by atoms with E-state index in [2.05, 4.69) is 0 Å². The first-order valence-corrected chi connectivity index (χ1v) is 5.89. The molecule has 0 aromatic heterocycles. The zero-order valence-corrected chi connectivity index (χ0v) is 10.4. The monoisotopic (exact) mass is 271 g/mol. The van der Waals surface area contributed by atoms with E-state index < -0.39 is 23.6 Å². The Morgan fingerprint density at radius 3 is 2.72 bits per heavy atom. The molecule has 0 radical (unpaired) electrons. The fourth-order valence-electron chi connectivity index (χ4n) is 2.04. The van der Waals surface area contributed by atoms with E-state index in [4.69, 9.17) is 11.6 Å². The maximum absolute atomic E-state index is 13.2. The second-order valence-electron chi connectivity index (χ2n) is 4.17. The number of anilines is 1. The van der Waals surface area contributed by atoms with Crippen LogP contribution in [0.5, 0.6) is 0 Å². The van der Waals surface area contributed by atoms with Gasteiger partial charge in [0.15, 0.2) is 0 Å². The number of carbonyl (C=O) groups excluding carboxylic acids is 2. The minimum Gasteiger partial charge on any atom is -0.390 e. The molecule has 1 aliphatic rings. The van der Waals surface area contributed by atoms with Crippen molar-refractivity contribution in [1.82, 2.24) is 0 Å². The molecule has 1 atom stereocenters. The van der Waals surface area contributed by atoms with Crippen LogP contribution in [-0.2, 0) is 4.79 Å². The summed E-state index contributed by atoms with van der Waals surface area (Å²) in [5.41, 5.74) is 0.876. The van der Waals surface area contributed by atoms with E-state index >= 15 is 0 Å². The summed E-state index contributed by atoms with van der Waals surface area (Å²) in [6, 6.07) is 2.28. The lowest BCUT2D eigenvalue weighted by molar-refractivity contribution is -0.114. The van der Waals surface area contributed by atoms with Gasteiger partial charge in [-0.3, -0.25) is 9.59 Å². The maximum Gasteiger partial charge on any atom is 0.299 e. The highest BCUT2D eigenvalue weighted by Gasteiger charge is 2.38. The average molecular weight is 272 g/mol. The van der Waals surface area contributed by atoms with Gasteiger partial charge in [0, 0.05) is 0 Å². The molecule has 2 rings (SSSR count). The lowest BCUT2D eigenvalue weighted by atomic mass is 10.1. The quantitative estimate of drug-likeness (QED) is 0.665. The first-order chi connectivity index (χ1) is 8.45. The standard InChI is InChI=1S/C12H11ClFNO3/c1-6-2-7(14)3-9-10(6)15(5-8(16)4-13)12(18)11(9)17/h2-3,8,16H,4-5H2,1H3. The van der Waals surface area contributed by atoms with E-state index in [1.165, 1.54) is 6.07 Å². The minimum absolute atomic E-state index is 0.0410. The molecular weight excluding hydrogens is 261 g/mol. The van der Waals surface area contributed by atoms with Gasteiger partial charge < -0.3 is 10.0 Å². The van der Waals surface area contributed by atoms with Gasteiger partial charge in [-0.1, -0.05) is 0 Å². The summed E-state index contributed by atoms with van der Waals surface area (Å²) in [5, 5.41) is 9.48. The number of amides is 1. The molecule has 1 aromatic rings. The Labute approximate surface area is 108 Å². The summed E-state index contributed by atoms with van der Waals surface area (Å²) in [6.45, 7) is 1.53. The van der Waals surface area contributed by atoms with Crippen molar-refractivity contribution in [3.05, 3.63) is 29.1 Å². The number of β-amino-alcohol motifs (C(OH)–C–C–N with tert-alkyl or cyclic N) is 1. The van der Waals surface area contributed by atoms with Crippen LogP contribution in [0.2, 0.25) is 0 Å². The van der Waals surface area contributed by atoms with Gasteiger partial charge in [0.1, 0.15) is 5.82 Å². The first kappa shape index (κ1) is 13.0. The number of ketones is 1. The highest BCUT2D eigenvalue weighted by Crippen LogP contribution is 2.33. The molecule has 1 aromatic carbocycles. The number of nitrogens with zero attached hydrogens (tertiary/aromatic N) is 1. The molecule has 0 spiro atoms. The highest BCUT2D eigenvalue weighted by atomic mass is 35.5. The Morgan fingerprint density at radius 2 is 2.11 bits per heavy atom. The number of rotatable bonds is 3. The molecule has 1 N–H and O–H groups in total. The van der Waals surface area contributed by atoms with Crippen molar-refractivity contribution in [2.45, 2.75) is 13.0 Å². The van der Waals surface area contributed by atoms with Gasteiger partial charge in [-0.25, -0.2) is 4.39 Å². The van der Waals surface area contributed by atoms with E-state index in [9.17, 15) is 19.1 Å². The lowest BCUT2D eigenvalue weighted by Gasteiger charge is -2.20. The van der Waals surface area contributed by atoms with Gasteiger partial charge in [-0.15, -0.1) is 11.6 Å². The summed E-state index contributed by atoms with van der Waals surface area (Å²) in [5.74, 6) is -2.13. The van der Waals surface area contributed by atoms with Crippen LogP contribution in [0, 0.1) is 12.7 Å². The topological polar surface area (TPSA) is 57.6 Å². The van der Waals surface area contributed by atoms with Crippen LogP contribution in [0.3, 0.4) is 0 Å². The molecule has 0 saturated carbocycles. The van der Waals surface area contributed by atoms with Gasteiger partial charge in [-0.2, -0.15) is 0 Å². The first-order valence-electron chi connectivity index (χ1n) is 5.36. The van der Waals surface area contributed by atoms with Crippen molar-refractivity contribution in [2.75, 3.05) is 17.3 Å². The van der Waals surface area contributed by atoms with Crippen LogP contribution in [0.25, 0.3) is 0 Å². The molecule has 0 aliphatic carbocycles. The van der Waals surface area contributed by atoms with E-state index in [1.807, 2.05) is 0 Å². The second kappa shape index (κ2) is 4.66. The highest BCUT2D eigenvalue weighted by molar-refractivity contribution is 6.52. The Balaban J connectivity index is 2.48. The summed E-state index contributed by atoms with van der Waals surface area (Å²) < 4.78 is 13.2. The number of Topliss-reactive ketones (excluding diaryl/α,β-unsaturated/α-hetero) is 1. The van der Waals surface area contributed by atoms with Gasteiger partial charge >= 0.3 is 0 Å². The third kappa shape index (κ3) is 2.00. The number of benzene rings is 1. The van der Waals surface area contributed by atoms with Crippen molar-refractivity contribution < 1.29 is 19.1 Å². The number of aliphatic hydroxyl groups is 1. The van der Waals surface area contributed by atoms with Gasteiger partial charge in [0.05, 0.1) is 29.8 Å². The number of halogens is 2. The summed E-state index contributed by atoms with van der Waals surface area (Å²) >= 11 is 5.47. The molecular formula is C12H11ClFNO3. The largest absolute Gasteiger partial charge is 0.390 e. The smallest absolute Gasteiger partial charge is 0.299 e. The van der Waals surface area contributed by atoms with Crippen LogP contribution >= 0.6 is 11.6 Å². The maximum atomic E-state index is 13.2. The van der Waals surface area contributed by atoms with Gasteiger partial charge in [0.2, 0.25) is 0 Å². The Kier molecular flexibility index (Phi) is 3.36. The molecule has 96 valence electrons. The van der Waals surface area contributed by atoms with E-state index in [0.717, 1.165) is 11.0 Å². The zero-order valence-electron chi connectivity index (χ0n) is 9.61. The SMILES string of the molecule is Cc1cc(F)cc2c1N(CC(O)CCl)C(=O)C2=O. The molecule has 1 aliphatic heterocycles. The predicted molar refractivity (Wildman–Crippen MR) is 64.5 cm³/mol. The minimum atomic E-state index is -0.932. The average Bonchev–Trinajstić information content (AvgIpc) is 2.54. The fraction of sp³-hybridized carbons (Fsp3) is 0.333. The molecule has 1 amide bonds. The van der Waals surface area contributed by atoms with Crippen LogP contribution in [0.1, 0.15) is 15.9 Å². The van der Waals surface area contributed by atoms with Crippen molar-refractivity contribution in [3.63, 3.8) is 0 Å². The Hall–Kier alpha value is -1.46. The third-order valence-corrected chi connectivity index (χ3v) is 3.15. The zero-order chi connectivity index (χ0) is 13.4. The van der Waals surface area contributed by atoms with Crippen LogP contribution in [-0.4, -0.2) is 35.3 Å². The van der Waals surface area contributed by atoms with Crippen molar-refractivity contribution in [1.29, 1.82) is 0 Å². The molecule has 0 fully saturated rings. The number of hydrogen-bond donors (Lipinski definition) is 1. The number of carbonyl (C=O) groups is 2. The van der Waals surface area contributed by atoms with Gasteiger partial charge in [0.25, 0.3) is 11.7 Å². The van der Waals surface area contributed by atoms with Crippen LogP contribution in [0.4, 0.5) is 10.1 Å². The molecule has 18 heavy (non-hydrogen) atoms. The summed E-state index contributed by atoms with van der Waals surface area (Å²) in [6.07, 6.45) is -0.932. The molecule has 0 saturated heterocycles. The van der Waals surface area contributed by atoms with E-state index in [-0.39, 0.29) is 18.0 Å². The van der Waals surface area contributed by atoms with Crippen molar-refractivity contribution in [3.8, 4) is 0 Å². The summed E-state index contributed by atoms with van der Waals surface area (Å²) in [7, 11) is 0. The molecule has 4 nitrogen and oxygen atoms in total. The molecule has 1 unspecified atom stereocenters. The number of aryl methyl sites for hydroxylation is 1. The van der Waals surface area contributed by atoms with Gasteiger partial charge in [-0.05, 0) is 24.6 Å². The van der Waals surface area contributed by atoms with Crippen molar-refractivity contribution in [2.24, 2.45) is 0 Å². The van der Waals surface area contributed by atoms with Crippen molar-refractivity contribution >= 4 is 29.0 Å². The Morgan fingerprint density at radius 1 is 1.44 bits per heavy atom. The van der Waals surface area contributed by atoms with E-state index in [0.29, 0.717) is 11.3 Å². The fourth-order valence-corrected chi connectivity index (χ4v) is 2.14. The molecule has 6 heteroatoms. The number of hydrogen-bond acceptors (Lipinski definition) is 3. The molecule has 0 bridgehead atoms. The summed E-state index contributed by atoms with van der Waals surface area (Å²) in [4.78, 5) is 24.6. The predicted octanol–water partition coefficient (Wildman–Crippen LogP) is 1.26. The molecule has 1 heterocycles. The number of alkyl halides is 1. The Bertz CT molecular complexity index is 532. The van der Waals surface area contributed by atoms with E-state index in [1.54, 1.807) is 6.92 Å². The van der Waals surface area contributed by atoms with Crippen LogP contribution < -0.4 is 4.90 Å². The third-order valence-electron chi connectivity index (χ3n) is 2.79. The normalized spacial score (nSPS) is 16.1. The lowest BCUT2D eigenvalue weighted by Crippen LogP contribution is -2.37. The number of aliphatic hydroxyl groups excluding tert-OH is 1. The second-order valence-corrected chi connectivity index (χ2v) is 4.48. The van der Waals surface area contributed by atoms with Crippen LogP contribution in [0.15, 0.2) is 12.1 Å².